The van der Waals surface area contributed by atoms with E-state index in [4.69, 9.17) is 0 Å². The van der Waals surface area contributed by atoms with Gasteiger partial charge in [-0.1, -0.05) is 6.07 Å². The van der Waals surface area contributed by atoms with Crippen LogP contribution in [-0.4, -0.2) is 29.6 Å². The van der Waals surface area contributed by atoms with E-state index in [0.717, 1.165) is 23.8 Å². The molecule has 19 heavy (non-hydrogen) atoms. The highest BCUT2D eigenvalue weighted by molar-refractivity contribution is 7.13. The van der Waals surface area contributed by atoms with E-state index in [1.165, 1.54) is 24.0 Å². The van der Waals surface area contributed by atoms with Crippen molar-refractivity contribution in [2.75, 3.05) is 19.0 Å². The van der Waals surface area contributed by atoms with Gasteiger partial charge in [0.15, 0.2) is 5.13 Å². The Bertz CT molecular complexity index is 528. The molecule has 2 aromatic rings. The van der Waals surface area contributed by atoms with Gasteiger partial charge >= 0.3 is 5.97 Å². The maximum atomic E-state index is 11.1. The molecule has 0 aliphatic heterocycles. The van der Waals surface area contributed by atoms with Gasteiger partial charge in [0.2, 0.25) is 0 Å². The molecule has 2 aromatic heterocycles. The van der Waals surface area contributed by atoms with Crippen LogP contribution in [0, 0.1) is 0 Å². The van der Waals surface area contributed by atoms with Gasteiger partial charge in [-0.2, -0.15) is 0 Å². The molecular formula is C13H15N3O2S. The number of rotatable bonds is 6. The highest BCUT2D eigenvalue weighted by Gasteiger charge is 2.07. The Morgan fingerprint density at radius 3 is 3.16 bits per heavy atom. The van der Waals surface area contributed by atoms with Crippen molar-refractivity contribution in [3.05, 3.63) is 41.2 Å². The summed E-state index contributed by atoms with van der Waals surface area (Å²) in [7, 11) is 1.38. The van der Waals surface area contributed by atoms with Gasteiger partial charge in [0.1, 0.15) is 0 Å². The van der Waals surface area contributed by atoms with Crippen LogP contribution in [0.25, 0.3) is 0 Å². The van der Waals surface area contributed by atoms with Crippen molar-refractivity contribution in [3.8, 4) is 0 Å². The maximum Gasteiger partial charge on any atom is 0.311 e. The minimum absolute atomic E-state index is 0.220. The number of carbonyl (C=O) groups is 1. The predicted molar refractivity (Wildman–Crippen MR) is 74.3 cm³/mol. The molecule has 0 radical (unpaired) electrons. The average molecular weight is 277 g/mol. The second-order valence-corrected chi connectivity index (χ2v) is 4.79. The van der Waals surface area contributed by atoms with E-state index >= 15 is 0 Å². The van der Waals surface area contributed by atoms with Gasteiger partial charge in [-0.25, -0.2) is 4.98 Å². The standard InChI is InChI=1S/C13H15N3O2S/c1-18-12(17)7-11-9-19-13(16-11)15-6-4-10-3-2-5-14-8-10/h2-3,5,8-9H,4,6-7H2,1H3,(H,15,16). The summed E-state index contributed by atoms with van der Waals surface area (Å²) < 4.78 is 4.60. The second kappa shape index (κ2) is 6.84. The molecule has 0 saturated carbocycles. The average Bonchev–Trinajstić information content (AvgIpc) is 2.87. The summed E-state index contributed by atoms with van der Waals surface area (Å²) in [6.07, 6.45) is 4.72. The van der Waals surface area contributed by atoms with Gasteiger partial charge in [0.25, 0.3) is 0 Å². The molecule has 5 nitrogen and oxygen atoms in total. The normalized spacial score (nSPS) is 10.2. The summed E-state index contributed by atoms with van der Waals surface area (Å²) in [6, 6.07) is 3.96. The molecular weight excluding hydrogens is 262 g/mol. The summed E-state index contributed by atoms with van der Waals surface area (Å²) in [5.74, 6) is -0.271. The van der Waals surface area contributed by atoms with Crippen molar-refractivity contribution < 1.29 is 9.53 Å². The zero-order valence-corrected chi connectivity index (χ0v) is 11.4. The number of hydrogen-bond acceptors (Lipinski definition) is 6. The van der Waals surface area contributed by atoms with E-state index in [1.54, 1.807) is 6.20 Å². The van der Waals surface area contributed by atoms with Crippen LogP contribution >= 0.6 is 11.3 Å². The second-order valence-electron chi connectivity index (χ2n) is 3.93. The van der Waals surface area contributed by atoms with Crippen LogP contribution in [0.5, 0.6) is 0 Å². The van der Waals surface area contributed by atoms with Gasteiger partial charge in [-0.3, -0.25) is 9.78 Å². The fourth-order valence-corrected chi connectivity index (χ4v) is 2.29. The first-order valence-corrected chi connectivity index (χ1v) is 6.80. The van der Waals surface area contributed by atoms with Crippen LogP contribution in [0.4, 0.5) is 5.13 Å². The zero-order valence-electron chi connectivity index (χ0n) is 10.6. The van der Waals surface area contributed by atoms with Crippen molar-refractivity contribution in [1.29, 1.82) is 0 Å². The molecule has 0 fully saturated rings. The third-order valence-electron chi connectivity index (χ3n) is 2.52. The summed E-state index contributed by atoms with van der Waals surface area (Å²) in [5, 5.41) is 5.92. The van der Waals surface area contributed by atoms with E-state index in [9.17, 15) is 4.79 Å². The third kappa shape index (κ3) is 4.33. The summed E-state index contributed by atoms with van der Waals surface area (Å²) in [4.78, 5) is 19.5. The molecule has 0 spiro atoms. The Kier molecular flexibility index (Phi) is 4.85. The van der Waals surface area contributed by atoms with Crippen molar-refractivity contribution in [1.82, 2.24) is 9.97 Å². The van der Waals surface area contributed by atoms with Gasteiger partial charge < -0.3 is 10.1 Å². The lowest BCUT2D eigenvalue weighted by Gasteiger charge is -2.02. The van der Waals surface area contributed by atoms with Crippen molar-refractivity contribution in [2.24, 2.45) is 0 Å². The molecule has 1 N–H and O–H groups in total. The molecule has 2 heterocycles. The minimum Gasteiger partial charge on any atom is -0.469 e. The first kappa shape index (κ1) is 13.5. The number of esters is 1. The lowest BCUT2D eigenvalue weighted by molar-refractivity contribution is -0.139. The summed E-state index contributed by atoms with van der Waals surface area (Å²) in [5.41, 5.74) is 1.92. The van der Waals surface area contributed by atoms with Crippen LogP contribution in [0.3, 0.4) is 0 Å². The topological polar surface area (TPSA) is 64.1 Å². The zero-order chi connectivity index (χ0) is 13.5. The maximum absolute atomic E-state index is 11.1. The lowest BCUT2D eigenvalue weighted by atomic mass is 10.2. The van der Waals surface area contributed by atoms with Crippen LogP contribution in [0.1, 0.15) is 11.3 Å². The molecule has 100 valence electrons. The number of methoxy groups -OCH3 is 1. The van der Waals surface area contributed by atoms with Gasteiger partial charge in [-0.05, 0) is 18.1 Å². The Balaban J connectivity index is 1.79. The molecule has 0 saturated heterocycles. The quantitative estimate of drug-likeness (QED) is 0.817. The van der Waals surface area contributed by atoms with Crippen LogP contribution in [0.15, 0.2) is 29.9 Å². The summed E-state index contributed by atoms with van der Waals surface area (Å²) >= 11 is 1.49. The number of hydrogen-bond donors (Lipinski definition) is 1. The number of anilines is 1. The van der Waals surface area contributed by atoms with Gasteiger partial charge in [-0.15, -0.1) is 11.3 Å². The van der Waals surface area contributed by atoms with E-state index in [1.807, 2.05) is 23.7 Å². The fourth-order valence-electron chi connectivity index (χ4n) is 1.55. The predicted octanol–water partition coefficient (Wildman–Crippen LogP) is 1.91. The molecule has 0 aromatic carbocycles. The summed E-state index contributed by atoms with van der Waals surface area (Å²) in [6.45, 7) is 0.789. The molecule has 0 bridgehead atoms. The number of nitrogens with one attached hydrogen (secondary N) is 1. The SMILES string of the molecule is COC(=O)Cc1csc(NCCc2cccnc2)n1. The fraction of sp³-hybridized carbons (Fsp3) is 0.308. The molecule has 0 unspecified atom stereocenters. The number of ether oxygens (including phenoxy) is 1. The molecule has 2 rings (SSSR count). The van der Waals surface area contributed by atoms with E-state index in [2.05, 4.69) is 20.0 Å². The number of thiazole rings is 1. The van der Waals surface area contributed by atoms with E-state index in [-0.39, 0.29) is 12.4 Å². The highest BCUT2D eigenvalue weighted by atomic mass is 32.1. The van der Waals surface area contributed by atoms with Crippen LogP contribution in [-0.2, 0) is 22.4 Å². The van der Waals surface area contributed by atoms with Crippen LogP contribution < -0.4 is 5.32 Å². The molecule has 0 aliphatic carbocycles. The Morgan fingerprint density at radius 1 is 1.53 bits per heavy atom. The Morgan fingerprint density at radius 2 is 2.42 bits per heavy atom. The number of pyridine rings is 1. The molecule has 6 heteroatoms. The lowest BCUT2D eigenvalue weighted by Crippen LogP contribution is -2.06. The molecule has 0 aliphatic rings. The Labute approximate surface area is 115 Å². The largest absolute Gasteiger partial charge is 0.469 e. The molecule has 0 atom stereocenters. The Hall–Kier alpha value is -1.95. The van der Waals surface area contributed by atoms with Crippen molar-refractivity contribution in [2.45, 2.75) is 12.8 Å². The smallest absolute Gasteiger partial charge is 0.311 e. The van der Waals surface area contributed by atoms with Crippen molar-refractivity contribution in [3.63, 3.8) is 0 Å². The van der Waals surface area contributed by atoms with E-state index in [0.29, 0.717) is 0 Å². The monoisotopic (exact) mass is 277 g/mol. The van der Waals surface area contributed by atoms with Crippen molar-refractivity contribution >= 4 is 22.4 Å². The number of nitrogens with zero attached hydrogens (tertiary/aromatic N) is 2. The number of carbonyl (C=O) groups excluding carboxylic acids is 1. The van der Waals surface area contributed by atoms with E-state index < -0.39 is 0 Å². The van der Waals surface area contributed by atoms with Crippen LogP contribution in [0.2, 0.25) is 0 Å². The van der Waals surface area contributed by atoms with Gasteiger partial charge in [0, 0.05) is 24.3 Å². The molecule has 0 amide bonds. The number of aromatic nitrogens is 2. The third-order valence-corrected chi connectivity index (χ3v) is 3.37. The highest BCUT2D eigenvalue weighted by Crippen LogP contribution is 2.16. The van der Waals surface area contributed by atoms with Gasteiger partial charge in [0.05, 0.1) is 19.2 Å². The first-order valence-electron chi connectivity index (χ1n) is 5.92. The first-order chi connectivity index (χ1) is 9.28. The minimum atomic E-state index is -0.271.